The van der Waals surface area contributed by atoms with Gasteiger partial charge in [-0.1, -0.05) is 30.1 Å². The van der Waals surface area contributed by atoms with Crippen molar-refractivity contribution in [2.45, 2.75) is 32.9 Å². The standard InChI is InChI=1S/C21H25Cl2N5O2S/c1-12(5-15-3-4-18(23)31-15)7-24-11-19(29)28-13(2)21(30)27-9-14-6-16-17(22)10-26-20(16)25-8-14/h3-4,6,8,10,12-13,24H,5,7,9,11H2,1-2H3,(H,25,26)(H,27,30)(H,28,29). The van der Waals surface area contributed by atoms with Crippen LogP contribution in [0.4, 0.5) is 0 Å². The van der Waals surface area contributed by atoms with Crippen LogP contribution in [0.15, 0.2) is 30.6 Å². The lowest BCUT2D eigenvalue weighted by Gasteiger charge is -2.15. The van der Waals surface area contributed by atoms with Gasteiger partial charge in [-0.15, -0.1) is 11.3 Å². The number of thiophene rings is 1. The van der Waals surface area contributed by atoms with Gasteiger partial charge in [0.05, 0.1) is 15.9 Å². The molecule has 0 aromatic carbocycles. The number of aromatic nitrogens is 2. The van der Waals surface area contributed by atoms with E-state index >= 15 is 0 Å². The summed E-state index contributed by atoms with van der Waals surface area (Å²) < 4.78 is 0.784. The van der Waals surface area contributed by atoms with E-state index in [-0.39, 0.29) is 18.4 Å². The molecule has 0 fully saturated rings. The fourth-order valence-electron chi connectivity index (χ4n) is 3.12. The molecule has 0 spiro atoms. The first-order valence-electron chi connectivity index (χ1n) is 9.95. The van der Waals surface area contributed by atoms with Gasteiger partial charge in [0.1, 0.15) is 11.7 Å². The minimum Gasteiger partial charge on any atom is -0.350 e. The van der Waals surface area contributed by atoms with E-state index in [1.165, 1.54) is 4.88 Å². The van der Waals surface area contributed by atoms with Crippen LogP contribution in [0.25, 0.3) is 11.0 Å². The van der Waals surface area contributed by atoms with E-state index in [4.69, 9.17) is 23.2 Å². The predicted molar refractivity (Wildman–Crippen MR) is 126 cm³/mol. The summed E-state index contributed by atoms with van der Waals surface area (Å²) in [4.78, 5) is 32.9. The Morgan fingerprint density at radius 3 is 2.81 bits per heavy atom. The van der Waals surface area contributed by atoms with Gasteiger partial charge in [0, 0.05) is 29.2 Å². The second-order valence-corrected chi connectivity index (χ2v) is 9.74. The quantitative estimate of drug-likeness (QED) is 0.355. The predicted octanol–water partition coefficient (Wildman–Crippen LogP) is 3.52. The lowest BCUT2D eigenvalue weighted by molar-refractivity contribution is -0.128. The van der Waals surface area contributed by atoms with Gasteiger partial charge in [-0.3, -0.25) is 9.59 Å². The Hall–Kier alpha value is -2.13. The number of H-pyrrole nitrogens is 1. The molecule has 0 aliphatic carbocycles. The van der Waals surface area contributed by atoms with Gasteiger partial charge in [0.25, 0.3) is 0 Å². The molecule has 10 heteroatoms. The van der Waals surface area contributed by atoms with Crippen molar-refractivity contribution in [1.82, 2.24) is 25.9 Å². The average Bonchev–Trinajstić information content (AvgIpc) is 3.31. The molecular formula is C21H25Cl2N5O2S. The number of fused-ring (bicyclic) bond motifs is 1. The van der Waals surface area contributed by atoms with Gasteiger partial charge in [-0.05, 0) is 49.6 Å². The second-order valence-electron chi connectivity index (χ2n) is 7.53. The fourth-order valence-corrected chi connectivity index (χ4v) is 4.57. The van der Waals surface area contributed by atoms with Crippen molar-refractivity contribution in [3.8, 4) is 0 Å². The molecule has 166 valence electrons. The molecule has 2 atom stereocenters. The van der Waals surface area contributed by atoms with Crippen molar-refractivity contribution in [2.75, 3.05) is 13.1 Å². The molecule has 0 saturated heterocycles. The summed E-state index contributed by atoms with van der Waals surface area (Å²) in [5.41, 5.74) is 1.52. The lowest BCUT2D eigenvalue weighted by Crippen LogP contribution is -2.47. The van der Waals surface area contributed by atoms with Crippen LogP contribution in [0.2, 0.25) is 9.36 Å². The third-order valence-corrected chi connectivity index (χ3v) is 6.30. The highest BCUT2D eigenvalue weighted by Crippen LogP contribution is 2.24. The smallest absolute Gasteiger partial charge is 0.242 e. The van der Waals surface area contributed by atoms with Crippen LogP contribution in [0.3, 0.4) is 0 Å². The van der Waals surface area contributed by atoms with Crippen LogP contribution in [0.5, 0.6) is 0 Å². The molecule has 4 N–H and O–H groups in total. The van der Waals surface area contributed by atoms with Crippen LogP contribution in [0, 0.1) is 5.92 Å². The van der Waals surface area contributed by atoms with E-state index in [1.54, 1.807) is 30.7 Å². The number of rotatable bonds is 10. The summed E-state index contributed by atoms with van der Waals surface area (Å²) in [6.45, 7) is 4.91. The maximum absolute atomic E-state index is 12.3. The van der Waals surface area contributed by atoms with Crippen molar-refractivity contribution in [2.24, 2.45) is 5.92 Å². The lowest BCUT2D eigenvalue weighted by atomic mass is 10.1. The van der Waals surface area contributed by atoms with Crippen molar-refractivity contribution >= 4 is 57.4 Å². The number of aromatic amines is 1. The van der Waals surface area contributed by atoms with Gasteiger partial charge >= 0.3 is 0 Å². The van der Waals surface area contributed by atoms with Crippen molar-refractivity contribution in [3.05, 3.63) is 50.4 Å². The number of halogens is 2. The number of carbonyl (C=O) groups excluding carboxylic acids is 2. The summed E-state index contributed by atoms with van der Waals surface area (Å²) in [7, 11) is 0. The SMILES string of the molecule is CC(CNCC(=O)NC(C)C(=O)NCc1cnc2[nH]cc(Cl)c2c1)Cc1ccc(Cl)s1. The molecule has 0 radical (unpaired) electrons. The molecule has 3 aromatic heterocycles. The van der Waals surface area contributed by atoms with E-state index in [0.717, 1.165) is 21.7 Å². The maximum atomic E-state index is 12.3. The molecule has 3 rings (SSSR count). The van der Waals surface area contributed by atoms with Gasteiger partial charge in [-0.2, -0.15) is 0 Å². The minimum absolute atomic E-state index is 0.153. The zero-order valence-corrected chi connectivity index (χ0v) is 19.6. The van der Waals surface area contributed by atoms with Crippen LogP contribution in [-0.2, 0) is 22.6 Å². The van der Waals surface area contributed by atoms with Gasteiger partial charge < -0.3 is 20.9 Å². The first-order valence-corrected chi connectivity index (χ1v) is 11.5. The normalized spacial score (nSPS) is 13.2. The molecule has 0 bridgehead atoms. The molecule has 31 heavy (non-hydrogen) atoms. The topological polar surface area (TPSA) is 98.9 Å². The molecule has 0 aliphatic heterocycles. The summed E-state index contributed by atoms with van der Waals surface area (Å²) in [6, 6.07) is 5.15. The summed E-state index contributed by atoms with van der Waals surface area (Å²) in [6.07, 6.45) is 4.25. The third-order valence-electron chi connectivity index (χ3n) is 4.73. The molecule has 3 aromatic rings. The molecule has 2 amide bonds. The highest BCUT2D eigenvalue weighted by molar-refractivity contribution is 7.16. The Kier molecular flexibility index (Phi) is 8.31. The van der Waals surface area contributed by atoms with Crippen molar-refractivity contribution in [3.63, 3.8) is 0 Å². The fraction of sp³-hybridized carbons (Fsp3) is 0.381. The molecule has 7 nitrogen and oxygen atoms in total. The third kappa shape index (κ3) is 6.93. The van der Waals surface area contributed by atoms with E-state index in [1.807, 2.05) is 18.2 Å². The van der Waals surface area contributed by atoms with E-state index in [2.05, 4.69) is 32.8 Å². The van der Waals surface area contributed by atoms with E-state index < -0.39 is 6.04 Å². The number of nitrogens with one attached hydrogen (secondary N) is 4. The Morgan fingerprint density at radius 1 is 1.26 bits per heavy atom. The maximum Gasteiger partial charge on any atom is 0.242 e. The number of nitrogens with zero attached hydrogens (tertiary/aromatic N) is 1. The number of carbonyl (C=O) groups is 2. The first-order chi connectivity index (χ1) is 14.8. The van der Waals surface area contributed by atoms with Gasteiger partial charge in [0.2, 0.25) is 11.8 Å². The number of hydrogen-bond donors (Lipinski definition) is 4. The molecule has 2 unspecified atom stereocenters. The molecule has 3 heterocycles. The highest BCUT2D eigenvalue weighted by Gasteiger charge is 2.16. The summed E-state index contributed by atoms with van der Waals surface area (Å²) in [5, 5.41) is 10.0. The van der Waals surface area contributed by atoms with Crippen LogP contribution < -0.4 is 16.0 Å². The Morgan fingerprint density at radius 2 is 2.06 bits per heavy atom. The van der Waals surface area contributed by atoms with Crippen LogP contribution in [-0.4, -0.2) is 40.9 Å². The second kappa shape index (κ2) is 10.9. The van der Waals surface area contributed by atoms with Crippen LogP contribution in [0.1, 0.15) is 24.3 Å². The van der Waals surface area contributed by atoms with E-state index in [9.17, 15) is 9.59 Å². The number of amides is 2. The number of hydrogen-bond acceptors (Lipinski definition) is 5. The van der Waals surface area contributed by atoms with Crippen molar-refractivity contribution in [1.29, 1.82) is 0 Å². The summed E-state index contributed by atoms with van der Waals surface area (Å²) >= 11 is 13.6. The first kappa shape index (κ1) is 23.5. The van der Waals surface area contributed by atoms with Crippen molar-refractivity contribution < 1.29 is 9.59 Å². The van der Waals surface area contributed by atoms with Crippen LogP contribution >= 0.6 is 34.5 Å². The molecule has 0 saturated carbocycles. The molecular weight excluding hydrogens is 457 g/mol. The average molecular weight is 482 g/mol. The van der Waals surface area contributed by atoms with Gasteiger partial charge in [-0.25, -0.2) is 4.98 Å². The monoisotopic (exact) mass is 481 g/mol. The minimum atomic E-state index is -0.646. The zero-order chi connectivity index (χ0) is 22.4. The summed E-state index contributed by atoms with van der Waals surface area (Å²) in [5.74, 6) is -0.129. The largest absolute Gasteiger partial charge is 0.350 e. The van der Waals surface area contributed by atoms with Gasteiger partial charge in [0.15, 0.2) is 0 Å². The Labute approximate surface area is 194 Å². The number of pyridine rings is 1. The zero-order valence-electron chi connectivity index (χ0n) is 17.3. The molecule has 0 aliphatic rings. The Bertz CT molecular complexity index is 1050. The highest BCUT2D eigenvalue weighted by atomic mass is 35.5. The Balaban J connectivity index is 1.36. The van der Waals surface area contributed by atoms with E-state index in [0.29, 0.717) is 29.7 Å².